The summed E-state index contributed by atoms with van der Waals surface area (Å²) in [6.45, 7) is 0.419. The number of nitrogens with two attached hydrogens (primary N) is 1. The summed E-state index contributed by atoms with van der Waals surface area (Å²) in [5, 5.41) is 0. The van der Waals surface area contributed by atoms with E-state index in [1.54, 1.807) is 29.4 Å². The molecular weight excluding hydrogens is 218 g/mol. The molecule has 2 aromatic rings. The van der Waals surface area contributed by atoms with Crippen LogP contribution in [0.3, 0.4) is 0 Å². The minimum absolute atomic E-state index is 0.243. The van der Waals surface area contributed by atoms with Crippen molar-refractivity contribution in [1.82, 2.24) is 14.5 Å². The van der Waals surface area contributed by atoms with Gasteiger partial charge in [-0.1, -0.05) is 0 Å². The Morgan fingerprint density at radius 2 is 2.35 bits per heavy atom. The van der Waals surface area contributed by atoms with Gasteiger partial charge in [-0.05, 0) is 6.07 Å². The van der Waals surface area contributed by atoms with Crippen LogP contribution in [0.15, 0.2) is 29.6 Å². The highest BCUT2D eigenvalue weighted by Crippen LogP contribution is 2.18. The fraction of sp³-hybridized carbons (Fsp3) is 0.0909. The summed E-state index contributed by atoms with van der Waals surface area (Å²) in [5.74, 6) is 0.141. The largest absolute Gasteiger partial charge is 0.364 e. The number of carbonyl (C=O) groups excluding carboxylic acids is 1. The van der Waals surface area contributed by atoms with Crippen LogP contribution in [0.2, 0.25) is 0 Å². The van der Waals surface area contributed by atoms with Crippen LogP contribution in [-0.4, -0.2) is 26.7 Å². The highest BCUT2D eigenvalue weighted by molar-refractivity contribution is 5.91. The Morgan fingerprint density at radius 3 is 3.18 bits per heavy atom. The molecule has 0 atom stereocenters. The minimum atomic E-state index is -0.542. The second kappa shape index (κ2) is 3.51. The zero-order valence-electron chi connectivity index (χ0n) is 8.87. The molecule has 0 aliphatic carbocycles. The summed E-state index contributed by atoms with van der Waals surface area (Å²) in [6, 6.07) is 1.86. The SMILES string of the molecule is NC(=O)c1cn2c(n1)CN=Cc1ccncc1-2. The van der Waals surface area contributed by atoms with Crippen molar-refractivity contribution < 1.29 is 4.79 Å². The molecule has 17 heavy (non-hydrogen) atoms. The van der Waals surface area contributed by atoms with E-state index < -0.39 is 5.91 Å². The molecule has 6 nitrogen and oxygen atoms in total. The summed E-state index contributed by atoms with van der Waals surface area (Å²) < 4.78 is 1.80. The molecule has 0 saturated carbocycles. The summed E-state index contributed by atoms with van der Waals surface area (Å²) in [7, 11) is 0. The molecule has 0 saturated heterocycles. The number of fused-ring (bicyclic) bond motifs is 3. The van der Waals surface area contributed by atoms with E-state index in [4.69, 9.17) is 5.73 Å². The number of imidazole rings is 1. The number of carbonyl (C=O) groups is 1. The Kier molecular flexibility index (Phi) is 2.01. The summed E-state index contributed by atoms with van der Waals surface area (Å²) in [6.07, 6.45) is 6.80. The van der Waals surface area contributed by atoms with Gasteiger partial charge in [-0.15, -0.1) is 0 Å². The Hall–Kier alpha value is -2.50. The van der Waals surface area contributed by atoms with Gasteiger partial charge >= 0.3 is 0 Å². The van der Waals surface area contributed by atoms with E-state index >= 15 is 0 Å². The van der Waals surface area contributed by atoms with E-state index in [-0.39, 0.29) is 5.69 Å². The van der Waals surface area contributed by atoms with Crippen molar-refractivity contribution >= 4 is 12.1 Å². The number of rotatable bonds is 1. The average molecular weight is 227 g/mol. The minimum Gasteiger partial charge on any atom is -0.364 e. The second-order valence-corrected chi connectivity index (χ2v) is 3.68. The van der Waals surface area contributed by atoms with Crippen molar-refractivity contribution in [3.05, 3.63) is 41.7 Å². The molecule has 84 valence electrons. The third kappa shape index (κ3) is 1.50. The molecule has 0 aromatic carbocycles. The van der Waals surface area contributed by atoms with Gasteiger partial charge < -0.3 is 5.73 Å². The van der Waals surface area contributed by atoms with E-state index in [1.807, 2.05) is 6.07 Å². The quantitative estimate of drug-likeness (QED) is 0.760. The lowest BCUT2D eigenvalue weighted by atomic mass is 10.2. The van der Waals surface area contributed by atoms with Crippen LogP contribution in [0.5, 0.6) is 0 Å². The van der Waals surface area contributed by atoms with Crippen molar-refractivity contribution in [3.8, 4) is 5.69 Å². The smallest absolute Gasteiger partial charge is 0.268 e. The van der Waals surface area contributed by atoms with Gasteiger partial charge in [-0.2, -0.15) is 0 Å². The summed E-state index contributed by atoms with van der Waals surface area (Å²) >= 11 is 0. The van der Waals surface area contributed by atoms with Gasteiger partial charge in [0.1, 0.15) is 11.5 Å². The van der Waals surface area contributed by atoms with Gasteiger partial charge in [0, 0.05) is 24.2 Å². The molecule has 6 heteroatoms. The monoisotopic (exact) mass is 227 g/mol. The lowest BCUT2D eigenvalue weighted by Crippen LogP contribution is -2.11. The maximum Gasteiger partial charge on any atom is 0.268 e. The number of aliphatic imine (C=N–C) groups is 1. The van der Waals surface area contributed by atoms with Gasteiger partial charge in [0.25, 0.3) is 5.91 Å². The molecule has 1 amide bonds. The lowest BCUT2D eigenvalue weighted by Gasteiger charge is -2.05. The van der Waals surface area contributed by atoms with Crippen molar-refractivity contribution in [2.75, 3.05) is 0 Å². The van der Waals surface area contributed by atoms with E-state index in [0.29, 0.717) is 12.4 Å². The van der Waals surface area contributed by atoms with Gasteiger partial charge in [-0.3, -0.25) is 19.3 Å². The molecule has 0 fully saturated rings. The predicted molar refractivity (Wildman–Crippen MR) is 61.2 cm³/mol. The Balaban J connectivity index is 2.25. The van der Waals surface area contributed by atoms with Crippen molar-refractivity contribution in [1.29, 1.82) is 0 Å². The van der Waals surface area contributed by atoms with Crippen LogP contribution in [-0.2, 0) is 6.54 Å². The standard InChI is InChI=1S/C11H9N5O/c12-11(17)8-6-16-9-4-13-2-1-7(9)3-14-5-10(16)15-8/h1-4,6H,5H2,(H2,12,17). The molecule has 0 spiro atoms. The molecule has 2 aromatic heterocycles. The van der Waals surface area contributed by atoms with Crippen LogP contribution in [0.4, 0.5) is 0 Å². The molecule has 1 aliphatic rings. The average Bonchev–Trinajstić information content (AvgIpc) is 2.67. The molecule has 0 unspecified atom stereocenters. The summed E-state index contributed by atoms with van der Waals surface area (Å²) in [4.78, 5) is 23.6. The number of nitrogens with zero attached hydrogens (tertiary/aromatic N) is 4. The first-order chi connectivity index (χ1) is 8.25. The Morgan fingerprint density at radius 1 is 1.47 bits per heavy atom. The van der Waals surface area contributed by atoms with E-state index in [1.165, 1.54) is 0 Å². The van der Waals surface area contributed by atoms with Crippen LogP contribution in [0, 0.1) is 0 Å². The first kappa shape index (κ1) is 9.71. The number of hydrogen-bond acceptors (Lipinski definition) is 4. The van der Waals surface area contributed by atoms with E-state index in [9.17, 15) is 4.79 Å². The molecular formula is C11H9N5O. The predicted octanol–water partition coefficient (Wildman–Crippen LogP) is 0.299. The van der Waals surface area contributed by atoms with Crippen LogP contribution < -0.4 is 5.73 Å². The molecule has 1 aliphatic heterocycles. The molecule has 0 radical (unpaired) electrons. The van der Waals surface area contributed by atoms with Gasteiger partial charge in [0.05, 0.1) is 18.4 Å². The normalized spacial score (nSPS) is 12.7. The third-order valence-corrected chi connectivity index (χ3v) is 2.59. The van der Waals surface area contributed by atoms with Gasteiger partial charge in [0.2, 0.25) is 0 Å². The Bertz CT molecular complexity index is 629. The first-order valence-electron chi connectivity index (χ1n) is 5.08. The fourth-order valence-electron chi connectivity index (χ4n) is 1.79. The Labute approximate surface area is 96.8 Å². The number of amides is 1. The highest BCUT2D eigenvalue weighted by atomic mass is 16.1. The van der Waals surface area contributed by atoms with Gasteiger partial charge in [-0.25, -0.2) is 4.98 Å². The number of aromatic nitrogens is 3. The maximum absolute atomic E-state index is 11.1. The van der Waals surface area contributed by atoms with Crippen LogP contribution in [0.25, 0.3) is 5.69 Å². The van der Waals surface area contributed by atoms with Crippen molar-refractivity contribution in [2.45, 2.75) is 6.54 Å². The molecule has 3 heterocycles. The molecule has 0 bridgehead atoms. The third-order valence-electron chi connectivity index (χ3n) is 2.59. The zero-order chi connectivity index (χ0) is 11.8. The topological polar surface area (TPSA) is 86.2 Å². The second-order valence-electron chi connectivity index (χ2n) is 3.68. The van der Waals surface area contributed by atoms with Crippen molar-refractivity contribution in [3.63, 3.8) is 0 Å². The molecule has 2 N–H and O–H groups in total. The summed E-state index contributed by atoms with van der Waals surface area (Å²) in [5.41, 5.74) is 7.25. The zero-order valence-corrected chi connectivity index (χ0v) is 8.87. The lowest BCUT2D eigenvalue weighted by molar-refractivity contribution is 0.0996. The van der Waals surface area contributed by atoms with Gasteiger partial charge in [0.15, 0.2) is 0 Å². The number of primary amides is 1. The van der Waals surface area contributed by atoms with E-state index in [2.05, 4.69) is 15.0 Å². The van der Waals surface area contributed by atoms with E-state index in [0.717, 1.165) is 11.3 Å². The van der Waals surface area contributed by atoms with Crippen LogP contribution >= 0.6 is 0 Å². The number of hydrogen-bond donors (Lipinski definition) is 1. The van der Waals surface area contributed by atoms with Crippen molar-refractivity contribution in [2.24, 2.45) is 10.7 Å². The maximum atomic E-state index is 11.1. The first-order valence-corrected chi connectivity index (χ1v) is 5.08. The molecule has 3 rings (SSSR count). The van der Waals surface area contributed by atoms with Crippen LogP contribution in [0.1, 0.15) is 21.9 Å². The fourth-order valence-corrected chi connectivity index (χ4v) is 1.79. The number of pyridine rings is 1. The highest BCUT2D eigenvalue weighted by Gasteiger charge is 2.16.